The van der Waals surface area contributed by atoms with Crippen molar-refractivity contribution < 1.29 is 4.79 Å². The Morgan fingerprint density at radius 3 is 2.81 bits per heavy atom. The lowest BCUT2D eigenvalue weighted by Crippen LogP contribution is -2.36. The van der Waals surface area contributed by atoms with E-state index in [0.29, 0.717) is 19.5 Å². The molecule has 3 N–H and O–H groups in total. The van der Waals surface area contributed by atoms with Gasteiger partial charge in [0.15, 0.2) is 0 Å². The van der Waals surface area contributed by atoms with Crippen molar-refractivity contribution in [1.82, 2.24) is 15.1 Å². The number of amides is 1. The Balaban J connectivity index is 2.02. The second-order valence-corrected chi connectivity index (χ2v) is 5.06. The largest absolute Gasteiger partial charge is 0.356 e. The zero-order chi connectivity index (χ0) is 15.1. The highest BCUT2D eigenvalue weighted by atomic mass is 16.1. The molecule has 1 unspecified atom stereocenters. The lowest BCUT2D eigenvalue weighted by Gasteiger charge is -2.13. The average molecular weight is 286 g/mol. The molecule has 1 heterocycles. The summed E-state index contributed by atoms with van der Waals surface area (Å²) in [6.07, 6.45) is 5.28. The Bertz CT molecular complexity index is 565. The molecule has 5 nitrogen and oxygen atoms in total. The number of aromatic nitrogens is 2. The van der Waals surface area contributed by atoms with Crippen molar-refractivity contribution in [2.24, 2.45) is 11.7 Å². The van der Waals surface area contributed by atoms with Gasteiger partial charge in [0.25, 0.3) is 0 Å². The normalized spacial score (nSPS) is 12.1. The molecule has 21 heavy (non-hydrogen) atoms. The van der Waals surface area contributed by atoms with Crippen molar-refractivity contribution in [3.05, 3.63) is 48.3 Å². The maximum Gasteiger partial charge on any atom is 0.224 e. The first-order valence-electron chi connectivity index (χ1n) is 7.31. The molecule has 0 bridgehead atoms. The van der Waals surface area contributed by atoms with Gasteiger partial charge >= 0.3 is 0 Å². The number of carbonyl (C=O) groups is 1. The molecule has 1 amide bonds. The van der Waals surface area contributed by atoms with Crippen LogP contribution in [0.5, 0.6) is 0 Å². The molecule has 1 aromatic heterocycles. The molecule has 0 fully saturated rings. The molecule has 2 rings (SSSR count). The van der Waals surface area contributed by atoms with Crippen LogP contribution in [0, 0.1) is 5.92 Å². The summed E-state index contributed by atoms with van der Waals surface area (Å²) in [5.41, 5.74) is 7.74. The minimum absolute atomic E-state index is 0.0202. The second-order valence-electron chi connectivity index (χ2n) is 5.06. The number of carbonyl (C=O) groups excluding carboxylic acids is 1. The van der Waals surface area contributed by atoms with Crippen LogP contribution in [0.1, 0.15) is 18.9 Å². The molecule has 0 radical (unpaired) electrons. The van der Waals surface area contributed by atoms with Gasteiger partial charge in [-0.3, -0.25) is 4.79 Å². The van der Waals surface area contributed by atoms with Gasteiger partial charge in [-0.15, -0.1) is 0 Å². The Morgan fingerprint density at radius 1 is 1.38 bits per heavy atom. The van der Waals surface area contributed by atoms with Crippen molar-refractivity contribution in [3.8, 4) is 5.69 Å². The third kappa shape index (κ3) is 4.16. The molecular weight excluding hydrogens is 264 g/mol. The van der Waals surface area contributed by atoms with Gasteiger partial charge in [-0.25, -0.2) is 4.68 Å². The van der Waals surface area contributed by atoms with Crippen molar-refractivity contribution in [1.29, 1.82) is 0 Å². The molecule has 0 saturated heterocycles. The van der Waals surface area contributed by atoms with Gasteiger partial charge in [-0.1, -0.05) is 25.1 Å². The number of nitrogens with one attached hydrogen (secondary N) is 1. The minimum Gasteiger partial charge on any atom is -0.356 e. The molecule has 0 spiro atoms. The maximum absolute atomic E-state index is 12.0. The predicted molar refractivity (Wildman–Crippen MR) is 83.1 cm³/mol. The summed E-state index contributed by atoms with van der Waals surface area (Å²) in [5.74, 6) is -0.184. The van der Waals surface area contributed by atoms with Crippen LogP contribution in [0.3, 0.4) is 0 Å². The average Bonchev–Trinajstić information content (AvgIpc) is 2.99. The van der Waals surface area contributed by atoms with Gasteiger partial charge in [-0.2, -0.15) is 5.10 Å². The van der Waals surface area contributed by atoms with Gasteiger partial charge in [0, 0.05) is 19.3 Å². The Labute approximate surface area is 125 Å². The molecule has 0 aliphatic carbocycles. The van der Waals surface area contributed by atoms with Crippen LogP contribution in [0.2, 0.25) is 0 Å². The van der Waals surface area contributed by atoms with E-state index in [2.05, 4.69) is 10.4 Å². The number of rotatable bonds is 7. The third-order valence-electron chi connectivity index (χ3n) is 3.34. The molecule has 0 aliphatic rings. The summed E-state index contributed by atoms with van der Waals surface area (Å²) >= 11 is 0. The van der Waals surface area contributed by atoms with E-state index >= 15 is 0 Å². The van der Waals surface area contributed by atoms with E-state index in [-0.39, 0.29) is 11.8 Å². The molecule has 5 heteroatoms. The van der Waals surface area contributed by atoms with Crippen LogP contribution >= 0.6 is 0 Å². The van der Waals surface area contributed by atoms with E-state index in [1.165, 1.54) is 0 Å². The summed E-state index contributed by atoms with van der Waals surface area (Å²) < 4.78 is 1.81. The lowest BCUT2D eigenvalue weighted by molar-refractivity contribution is -0.124. The zero-order valence-electron chi connectivity index (χ0n) is 12.3. The third-order valence-corrected chi connectivity index (χ3v) is 3.34. The van der Waals surface area contributed by atoms with Crippen LogP contribution in [-0.4, -0.2) is 28.8 Å². The van der Waals surface area contributed by atoms with Crippen LogP contribution in [-0.2, 0) is 11.2 Å². The topological polar surface area (TPSA) is 72.9 Å². The highest BCUT2D eigenvalue weighted by Crippen LogP contribution is 2.11. The number of hydrogen-bond donors (Lipinski definition) is 2. The van der Waals surface area contributed by atoms with E-state index in [1.807, 2.05) is 48.1 Å². The number of benzene rings is 1. The van der Waals surface area contributed by atoms with Gasteiger partial charge in [-0.05, 0) is 30.5 Å². The van der Waals surface area contributed by atoms with Gasteiger partial charge in [0.05, 0.1) is 17.8 Å². The zero-order valence-corrected chi connectivity index (χ0v) is 12.3. The Hall–Kier alpha value is -2.14. The van der Waals surface area contributed by atoms with E-state index in [0.717, 1.165) is 17.7 Å². The van der Waals surface area contributed by atoms with Crippen LogP contribution < -0.4 is 11.1 Å². The molecular formula is C16H22N4O. The lowest BCUT2D eigenvalue weighted by atomic mass is 10.0. The fourth-order valence-corrected chi connectivity index (χ4v) is 2.15. The van der Waals surface area contributed by atoms with Crippen LogP contribution in [0.4, 0.5) is 0 Å². The highest BCUT2D eigenvalue weighted by Gasteiger charge is 2.17. The smallest absolute Gasteiger partial charge is 0.224 e. The van der Waals surface area contributed by atoms with E-state index < -0.39 is 0 Å². The molecule has 0 saturated carbocycles. The minimum atomic E-state index is -0.204. The molecule has 112 valence electrons. The fourth-order valence-electron chi connectivity index (χ4n) is 2.15. The predicted octanol–water partition coefficient (Wildman–Crippen LogP) is 1.52. The summed E-state index contributed by atoms with van der Waals surface area (Å²) in [5, 5.41) is 7.24. The van der Waals surface area contributed by atoms with Crippen molar-refractivity contribution >= 4 is 5.91 Å². The summed E-state index contributed by atoms with van der Waals surface area (Å²) in [6.45, 7) is 3.06. The first-order valence-corrected chi connectivity index (χ1v) is 7.31. The Kier molecular flexibility index (Phi) is 5.51. The quantitative estimate of drug-likeness (QED) is 0.810. The number of nitrogens with zero attached hydrogens (tertiary/aromatic N) is 2. The SMILES string of the molecule is CCCNC(=O)C(CN)Cc1cnn(-c2ccccc2)c1. The number of hydrogen-bond acceptors (Lipinski definition) is 3. The maximum atomic E-state index is 12.0. The van der Waals surface area contributed by atoms with E-state index in [4.69, 9.17) is 5.73 Å². The molecule has 1 aromatic carbocycles. The standard InChI is InChI=1S/C16H22N4O/c1-2-8-18-16(21)14(10-17)9-13-11-19-20(12-13)15-6-4-3-5-7-15/h3-7,11-12,14H,2,8-10,17H2,1H3,(H,18,21). The molecule has 0 aliphatic heterocycles. The number of nitrogens with two attached hydrogens (primary N) is 1. The molecule has 1 atom stereocenters. The van der Waals surface area contributed by atoms with Gasteiger partial charge < -0.3 is 11.1 Å². The van der Waals surface area contributed by atoms with Crippen molar-refractivity contribution in [3.63, 3.8) is 0 Å². The fraction of sp³-hybridized carbons (Fsp3) is 0.375. The summed E-state index contributed by atoms with van der Waals surface area (Å²) in [6, 6.07) is 9.89. The van der Waals surface area contributed by atoms with Crippen molar-refractivity contribution in [2.45, 2.75) is 19.8 Å². The second kappa shape index (κ2) is 7.59. The summed E-state index contributed by atoms with van der Waals surface area (Å²) in [4.78, 5) is 12.0. The Morgan fingerprint density at radius 2 is 2.14 bits per heavy atom. The monoisotopic (exact) mass is 286 g/mol. The summed E-state index contributed by atoms with van der Waals surface area (Å²) in [7, 11) is 0. The van der Waals surface area contributed by atoms with Crippen LogP contribution in [0.15, 0.2) is 42.7 Å². The number of para-hydroxylation sites is 1. The van der Waals surface area contributed by atoms with E-state index in [1.54, 1.807) is 6.20 Å². The first-order chi connectivity index (χ1) is 10.2. The van der Waals surface area contributed by atoms with Gasteiger partial charge in [0.2, 0.25) is 5.91 Å². The van der Waals surface area contributed by atoms with Crippen molar-refractivity contribution in [2.75, 3.05) is 13.1 Å². The first kappa shape index (κ1) is 15.3. The van der Waals surface area contributed by atoms with Crippen LogP contribution in [0.25, 0.3) is 5.69 Å². The van der Waals surface area contributed by atoms with Gasteiger partial charge in [0.1, 0.15) is 0 Å². The highest BCUT2D eigenvalue weighted by molar-refractivity contribution is 5.79. The van der Waals surface area contributed by atoms with E-state index in [9.17, 15) is 4.79 Å². The molecule has 2 aromatic rings.